The molecule has 1 saturated heterocycles. The van der Waals surface area contributed by atoms with E-state index >= 15 is 0 Å². The largest absolute Gasteiger partial charge is 0.378 e. The fraction of sp³-hybridized carbons (Fsp3) is 0.800. The second kappa shape index (κ2) is 2.99. The molecule has 2 nitrogen and oxygen atoms in total. The van der Waals surface area contributed by atoms with E-state index in [4.69, 9.17) is 12.2 Å². The van der Waals surface area contributed by atoms with E-state index in [-0.39, 0.29) is 0 Å². The summed E-state index contributed by atoms with van der Waals surface area (Å²) >= 11 is 4.94. The zero-order valence-electron chi connectivity index (χ0n) is 4.74. The first kappa shape index (κ1) is 5.98. The van der Waals surface area contributed by atoms with Crippen LogP contribution >= 0.6 is 12.2 Å². The molecule has 1 heterocycles. The number of hydrogen-bond donors (Lipinski definition) is 2. The second-order valence-electron chi connectivity index (χ2n) is 1.85. The van der Waals surface area contributed by atoms with Gasteiger partial charge < -0.3 is 10.6 Å². The fourth-order valence-electron chi connectivity index (χ4n) is 0.706. The molecule has 0 spiro atoms. The van der Waals surface area contributed by atoms with Gasteiger partial charge in [0.05, 0.1) is 4.99 Å². The van der Waals surface area contributed by atoms with Crippen molar-refractivity contribution in [3.05, 3.63) is 0 Å². The highest BCUT2D eigenvalue weighted by molar-refractivity contribution is 7.80. The Morgan fingerprint density at radius 1 is 1.25 bits per heavy atom. The zero-order chi connectivity index (χ0) is 5.82. The van der Waals surface area contributed by atoms with Gasteiger partial charge in [-0.2, -0.15) is 0 Å². The van der Waals surface area contributed by atoms with Crippen molar-refractivity contribution in [3.8, 4) is 0 Å². The smallest absolute Gasteiger partial charge is 0.0766 e. The summed E-state index contributed by atoms with van der Waals surface area (Å²) in [5, 5.41) is 6.34. The molecule has 0 radical (unpaired) electrons. The van der Waals surface area contributed by atoms with Crippen molar-refractivity contribution in [2.75, 3.05) is 19.6 Å². The van der Waals surface area contributed by atoms with Crippen LogP contribution in [0.4, 0.5) is 0 Å². The average Bonchev–Trinajstić information content (AvgIpc) is 1.94. The molecule has 0 aromatic heterocycles. The molecule has 0 amide bonds. The minimum atomic E-state index is 0.985. The molecule has 1 rings (SSSR count). The van der Waals surface area contributed by atoms with Crippen LogP contribution in [0.2, 0.25) is 0 Å². The second-order valence-corrected chi connectivity index (χ2v) is 2.34. The van der Waals surface area contributed by atoms with Crippen molar-refractivity contribution < 1.29 is 0 Å². The van der Waals surface area contributed by atoms with Crippen molar-refractivity contribution in [1.29, 1.82) is 0 Å². The molecule has 0 aromatic rings. The lowest BCUT2D eigenvalue weighted by Crippen LogP contribution is -2.23. The Kier molecular flexibility index (Phi) is 2.24. The van der Waals surface area contributed by atoms with Crippen LogP contribution < -0.4 is 10.6 Å². The highest BCUT2D eigenvalue weighted by Crippen LogP contribution is 1.83. The molecule has 1 fully saturated rings. The third kappa shape index (κ3) is 1.76. The Labute approximate surface area is 54.7 Å². The van der Waals surface area contributed by atoms with Gasteiger partial charge in [0.2, 0.25) is 0 Å². The summed E-state index contributed by atoms with van der Waals surface area (Å²) in [7, 11) is 0. The summed E-state index contributed by atoms with van der Waals surface area (Å²) in [5.41, 5.74) is 0. The van der Waals surface area contributed by atoms with Crippen molar-refractivity contribution in [2.24, 2.45) is 0 Å². The maximum atomic E-state index is 4.94. The van der Waals surface area contributed by atoms with Crippen LogP contribution in [0.3, 0.4) is 0 Å². The standard InChI is InChI=1S/C5H10N2S/c8-5-1-2-6-3-4-7-5/h6H,1-4H2,(H,7,8). The van der Waals surface area contributed by atoms with E-state index in [0.717, 1.165) is 31.0 Å². The molecular weight excluding hydrogens is 120 g/mol. The molecule has 1 aliphatic heterocycles. The van der Waals surface area contributed by atoms with E-state index in [2.05, 4.69) is 10.6 Å². The van der Waals surface area contributed by atoms with Crippen molar-refractivity contribution in [3.63, 3.8) is 0 Å². The van der Waals surface area contributed by atoms with E-state index in [0.29, 0.717) is 0 Å². The molecule has 2 N–H and O–H groups in total. The summed E-state index contributed by atoms with van der Waals surface area (Å²) in [4.78, 5) is 0.995. The molecule has 0 unspecified atom stereocenters. The maximum Gasteiger partial charge on any atom is 0.0766 e. The van der Waals surface area contributed by atoms with Gasteiger partial charge in [-0.1, -0.05) is 12.2 Å². The first-order chi connectivity index (χ1) is 3.89. The predicted molar refractivity (Wildman–Crippen MR) is 38.1 cm³/mol. The number of rotatable bonds is 0. The molecule has 8 heavy (non-hydrogen) atoms. The zero-order valence-corrected chi connectivity index (χ0v) is 5.55. The van der Waals surface area contributed by atoms with Gasteiger partial charge in [-0.3, -0.25) is 0 Å². The van der Waals surface area contributed by atoms with Gasteiger partial charge >= 0.3 is 0 Å². The first-order valence-corrected chi connectivity index (χ1v) is 3.28. The van der Waals surface area contributed by atoms with Gasteiger partial charge in [0.1, 0.15) is 0 Å². The SMILES string of the molecule is S=C1CCNCCN1. The van der Waals surface area contributed by atoms with Crippen LogP contribution in [-0.4, -0.2) is 24.6 Å². The topological polar surface area (TPSA) is 24.1 Å². The van der Waals surface area contributed by atoms with E-state index in [1.54, 1.807) is 0 Å². The van der Waals surface area contributed by atoms with Crippen molar-refractivity contribution >= 4 is 17.2 Å². The fourth-order valence-corrected chi connectivity index (χ4v) is 0.910. The van der Waals surface area contributed by atoms with Gasteiger partial charge in [0.25, 0.3) is 0 Å². The number of nitrogens with one attached hydrogen (secondary N) is 2. The summed E-state index contributed by atoms with van der Waals surface area (Å²) in [6.07, 6.45) is 0.995. The van der Waals surface area contributed by atoms with Crippen molar-refractivity contribution in [2.45, 2.75) is 6.42 Å². The Bertz CT molecular complexity index is 82.4. The average molecular weight is 130 g/mol. The van der Waals surface area contributed by atoms with Crippen LogP contribution in [0, 0.1) is 0 Å². The van der Waals surface area contributed by atoms with E-state index < -0.39 is 0 Å². The Hall–Kier alpha value is -0.150. The first-order valence-electron chi connectivity index (χ1n) is 2.87. The summed E-state index contributed by atoms with van der Waals surface area (Å²) in [6.45, 7) is 3.06. The molecule has 0 saturated carbocycles. The minimum absolute atomic E-state index is 0.985. The Morgan fingerprint density at radius 2 is 2.12 bits per heavy atom. The third-order valence-electron chi connectivity index (χ3n) is 1.15. The summed E-state index contributed by atoms with van der Waals surface area (Å²) in [6, 6.07) is 0. The highest BCUT2D eigenvalue weighted by atomic mass is 32.1. The summed E-state index contributed by atoms with van der Waals surface area (Å²) < 4.78 is 0. The van der Waals surface area contributed by atoms with Gasteiger partial charge in [-0.15, -0.1) is 0 Å². The molecule has 0 bridgehead atoms. The molecule has 1 aliphatic rings. The van der Waals surface area contributed by atoms with Crippen LogP contribution in [0.15, 0.2) is 0 Å². The number of thiocarbonyl (C=S) groups is 1. The van der Waals surface area contributed by atoms with Gasteiger partial charge in [0, 0.05) is 26.1 Å². The number of hydrogen-bond acceptors (Lipinski definition) is 2. The van der Waals surface area contributed by atoms with Crippen molar-refractivity contribution in [1.82, 2.24) is 10.6 Å². The lowest BCUT2D eigenvalue weighted by Gasteiger charge is -1.96. The molecule has 0 aliphatic carbocycles. The Morgan fingerprint density at radius 3 is 3.00 bits per heavy atom. The molecule has 0 aromatic carbocycles. The van der Waals surface area contributed by atoms with Crippen LogP contribution in [0.5, 0.6) is 0 Å². The summed E-state index contributed by atoms with van der Waals surface area (Å²) in [5.74, 6) is 0. The third-order valence-corrected chi connectivity index (χ3v) is 1.50. The molecule has 0 atom stereocenters. The van der Waals surface area contributed by atoms with Gasteiger partial charge in [-0.25, -0.2) is 0 Å². The molecular formula is C5H10N2S. The van der Waals surface area contributed by atoms with Gasteiger partial charge in [0.15, 0.2) is 0 Å². The van der Waals surface area contributed by atoms with Gasteiger partial charge in [-0.05, 0) is 0 Å². The minimum Gasteiger partial charge on any atom is -0.378 e. The van der Waals surface area contributed by atoms with E-state index in [1.807, 2.05) is 0 Å². The maximum absolute atomic E-state index is 4.94. The monoisotopic (exact) mass is 130 g/mol. The normalized spacial score (nSPS) is 21.8. The Balaban J connectivity index is 2.27. The predicted octanol–water partition coefficient (Wildman–Crippen LogP) is -0.103. The quantitative estimate of drug-likeness (QED) is 0.448. The lowest BCUT2D eigenvalue weighted by atomic mass is 10.4. The van der Waals surface area contributed by atoms with E-state index in [1.165, 1.54) is 0 Å². The van der Waals surface area contributed by atoms with Crippen LogP contribution in [0.1, 0.15) is 6.42 Å². The van der Waals surface area contributed by atoms with E-state index in [9.17, 15) is 0 Å². The molecule has 3 heteroatoms. The van der Waals surface area contributed by atoms with Crippen LogP contribution in [0.25, 0.3) is 0 Å². The van der Waals surface area contributed by atoms with Crippen LogP contribution in [-0.2, 0) is 0 Å². The lowest BCUT2D eigenvalue weighted by molar-refractivity contribution is 0.720. The highest BCUT2D eigenvalue weighted by Gasteiger charge is 1.98. The molecule has 46 valence electrons.